The Balaban J connectivity index is 2.44. The van der Waals surface area contributed by atoms with Crippen molar-refractivity contribution in [1.82, 2.24) is 0 Å². The summed E-state index contributed by atoms with van der Waals surface area (Å²) in [4.78, 5) is 24.2. The third kappa shape index (κ3) is 4.20. The van der Waals surface area contributed by atoms with E-state index < -0.39 is 17.8 Å². The number of carbonyl (C=O) groups is 2. The molecule has 0 amide bonds. The average Bonchev–Trinajstić information content (AvgIpc) is 2.56. The van der Waals surface area contributed by atoms with Gasteiger partial charge in [0, 0.05) is 0 Å². The first kappa shape index (κ1) is 17.2. The molecule has 0 aromatic heterocycles. The Labute approximate surface area is 140 Å². The Hall–Kier alpha value is -2.13. The van der Waals surface area contributed by atoms with E-state index in [-0.39, 0.29) is 18.1 Å². The standard InChI is InChI=1S/C19H18ClO3/c1-13-7-5-6-10-15(13)18(17(21)12-20)16(19(22)23)11-14-8-3-2-4-9-14/h2-10,16,18H,1,11-12H2,(H,22,23). The molecule has 119 valence electrons. The van der Waals surface area contributed by atoms with Crippen LogP contribution in [0.3, 0.4) is 0 Å². The first-order chi connectivity index (χ1) is 11.0. The molecule has 23 heavy (non-hydrogen) atoms. The number of carboxylic acids is 1. The van der Waals surface area contributed by atoms with Gasteiger partial charge in [-0.1, -0.05) is 54.6 Å². The van der Waals surface area contributed by atoms with Crippen molar-refractivity contribution >= 4 is 23.4 Å². The minimum Gasteiger partial charge on any atom is -0.481 e. The van der Waals surface area contributed by atoms with Crippen LogP contribution in [0, 0.1) is 12.8 Å². The number of carbonyl (C=O) groups excluding carboxylic acids is 1. The second-order valence-corrected chi connectivity index (χ2v) is 5.68. The molecular weight excluding hydrogens is 312 g/mol. The predicted molar refractivity (Wildman–Crippen MR) is 90.6 cm³/mol. The zero-order valence-corrected chi connectivity index (χ0v) is 13.4. The lowest BCUT2D eigenvalue weighted by molar-refractivity contribution is -0.144. The highest BCUT2D eigenvalue weighted by molar-refractivity contribution is 6.28. The van der Waals surface area contributed by atoms with Crippen LogP contribution in [0.5, 0.6) is 0 Å². The number of ketones is 1. The quantitative estimate of drug-likeness (QED) is 0.788. The molecule has 2 rings (SSSR count). The summed E-state index contributed by atoms with van der Waals surface area (Å²) >= 11 is 5.74. The van der Waals surface area contributed by atoms with Crippen molar-refractivity contribution in [2.24, 2.45) is 5.92 Å². The molecule has 0 aliphatic heterocycles. The summed E-state index contributed by atoms with van der Waals surface area (Å²) in [5, 5.41) is 9.69. The van der Waals surface area contributed by atoms with Crippen molar-refractivity contribution in [1.29, 1.82) is 0 Å². The number of benzene rings is 2. The van der Waals surface area contributed by atoms with Gasteiger partial charge in [-0.05, 0) is 30.0 Å². The Morgan fingerprint density at radius 2 is 1.65 bits per heavy atom. The van der Waals surface area contributed by atoms with E-state index in [4.69, 9.17) is 11.6 Å². The highest BCUT2D eigenvalue weighted by Gasteiger charge is 2.35. The van der Waals surface area contributed by atoms with Crippen LogP contribution in [0.1, 0.15) is 22.6 Å². The van der Waals surface area contributed by atoms with Gasteiger partial charge in [-0.25, -0.2) is 0 Å². The molecular formula is C19H18ClO3. The van der Waals surface area contributed by atoms with Gasteiger partial charge in [-0.2, -0.15) is 0 Å². The minimum absolute atomic E-state index is 0.225. The molecule has 0 aliphatic rings. The van der Waals surface area contributed by atoms with Gasteiger partial charge in [-0.3, -0.25) is 9.59 Å². The van der Waals surface area contributed by atoms with Crippen molar-refractivity contribution in [3.05, 3.63) is 78.2 Å². The molecule has 2 aromatic carbocycles. The normalized spacial score (nSPS) is 13.3. The summed E-state index contributed by atoms with van der Waals surface area (Å²) in [6.45, 7) is 3.92. The second-order valence-electron chi connectivity index (χ2n) is 5.41. The van der Waals surface area contributed by atoms with Crippen molar-refractivity contribution < 1.29 is 14.7 Å². The van der Waals surface area contributed by atoms with E-state index in [0.29, 0.717) is 11.1 Å². The summed E-state index contributed by atoms with van der Waals surface area (Å²) in [6, 6.07) is 16.4. The maximum atomic E-state index is 12.4. The molecule has 1 N–H and O–H groups in total. The number of hydrogen-bond acceptors (Lipinski definition) is 2. The first-order valence-corrected chi connectivity index (χ1v) is 7.84. The van der Waals surface area contributed by atoms with Crippen molar-refractivity contribution in [3.63, 3.8) is 0 Å². The smallest absolute Gasteiger partial charge is 0.307 e. The number of aliphatic carboxylic acids is 1. The summed E-state index contributed by atoms with van der Waals surface area (Å²) in [5.41, 5.74) is 2.14. The van der Waals surface area contributed by atoms with Gasteiger partial charge in [-0.15, -0.1) is 11.6 Å². The van der Waals surface area contributed by atoms with Gasteiger partial charge < -0.3 is 5.11 Å². The monoisotopic (exact) mass is 329 g/mol. The SMILES string of the molecule is [CH2]c1ccccc1C(C(=O)CCl)C(Cc1ccccc1)C(=O)O. The van der Waals surface area contributed by atoms with Gasteiger partial charge in [0.25, 0.3) is 0 Å². The highest BCUT2D eigenvalue weighted by atomic mass is 35.5. The molecule has 0 heterocycles. The number of carboxylic acid groups (broad SMARTS) is 1. The van der Waals surface area contributed by atoms with Crippen LogP contribution in [0.25, 0.3) is 0 Å². The molecule has 2 atom stereocenters. The van der Waals surface area contributed by atoms with E-state index in [9.17, 15) is 14.7 Å². The van der Waals surface area contributed by atoms with Gasteiger partial charge in [0.15, 0.2) is 5.78 Å². The maximum absolute atomic E-state index is 12.4. The van der Waals surface area contributed by atoms with Gasteiger partial charge in [0.1, 0.15) is 0 Å². The molecule has 4 heteroatoms. The van der Waals surface area contributed by atoms with E-state index >= 15 is 0 Å². The zero-order valence-electron chi connectivity index (χ0n) is 12.6. The predicted octanol–water partition coefficient (Wildman–Crippen LogP) is 3.70. The lowest BCUT2D eigenvalue weighted by Gasteiger charge is -2.24. The molecule has 0 bridgehead atoms. The van der Waals surface area contributed by atoms with Crippen LogP contribution in [0.4, 0.5) is 0 Å². The lowest BCUT2D eigenvalue weighted by atomic mass is 9.78. The third-order valence-electron chi connectivity index (χ3n) is 3.89. The number of rotatable bonds is 7. The van der Waals surface area contributed by atoms with Crippen LogP contribution in [0.2, 0.25) is 0 Å². The van der Waals surface area contributed by atoms with Crippen LogP contribution < -0.4 is 0 Å². The molecule has 3 nitrogen and oxygen atoms in total. The first-order valence-electron chi connectivity index (χ1n) is 7.31. The van der Waals surface area contributed by atoms with Gasteiger partial charge in [0.2, 0.25) is 0 Å². The molecule has 1 radical (unpaired) electrons. The van der Waals surface area contributed by atoms with E-state index in [2.05, 4.69) is 6.92 Å². The van der Waals surface area contributed by atoms with E-state index in [1.54, 1.807) is 24.3 Å². The Kier molecular flexibility index (Phi) is 5.94. The van der Waals surface area contributed by atoms with E-state index in [1.165, 1.54) is 0 Å². The average molecular weight is 330 g/mol. The number of Topliss-reactive ketones (excluding diaryl/α,β-unsaturated/α-hetero) is 1. The van der Waals surface area contributed by atoms with Gasteiger partial charge >= 0.3 is 5.97 Å². The Morgan fingerprint density at radius 3 is 2.22 bits per heavy atom. The molecule has 0 saturated heterocycles. The second kappa shape index (κ2) is 7.93. The number of halogens is 1. The molecule has 0 saturated carbocycles. The highest BCUT2D eigenvalue weighted by Crippen LogP contribution is 2.31. The topological polar surface area (TPSA) is 54.4 Å². The lowest BCUT2D eigenvalue weighted by Crippen LogP contribution is -2.31. The number of alkyl halides is 1. The molecule has 2 aromatic rings. The Bertz CT molecular complexity index is 682. The summed E-state index contributed by atoms with van der Waals surface area (Å²) in [5.74, 6) is -3.23. The van der Waals surface area contributed by atoms with Gasteiger partial charge in [0.05, 0.1) is 17.7 Å². The van der Waals surface area contributed by atoms with Crippen LogP contribution in [0.15, 0.2) is 54.6 Å². The molecule has 0 fully saturated rings. The fraction of sp³-hybridized carbons (Fsp3) is 0.211. The Morgan fingerprint density at radius 1 is 1.04 bits per heavy atom. The van der Waals surface area contributed by atoms with Crippen molar-refractivity contribution in [2.45, 2.75) is 12.3 Å². The van der Waals surface area contributed by atoms with Crippen LogP contribution >= 0.6 is 11.6 Å². The summed E-state index contributed by atoms with van der Waals surface area (Å²) in [7, 11) is 0. The number of hydrogen-bond donors (Lipinski definition) is 1. The fourth-order valence-electron chi connectivity index (χ4n) is 2.75. The van der Waals surface area contributed by atoms with Crippen molar-refractivity contribution in [2.75, 3.05) is 5.88 Å². The van der Waals surface area contributed by atoms with Crippen molar-refractivity contribution in [3.8, 4) is 0 Å². The van der Waals surface area contributed by atoms with E-state index in [0.717, 1.165) is 5.56 Å². The van der Waals surface area contributed by atoms with Crippen LogP contribution in [-0.4, -0.2) is 22.7 Å². The fourth-order valence-corrected chi connectivity index (χ4v) is 2.92. The maximum Gasteiger partial charge on any atom is 0.307 e. The van der Waals surface area contributed by atoms with Crippen LogP contribution in [-0.2, 0) is 16.0 Å². The molecule has 0 aliphatic carbocycles. The van der Waals surface area contributed by atoms with E-state index in [1.807, 2.05) is 30.3 Å². The largest absolute Gasteiger partial charge is 0.481 e. The minimum atomic E-state index is -1.01. The summed E-state index contributed by atoms with van der Waals surface area (Å²) < 4.78 is 0. The molecule has 0 spiro atoms. The third-order valence-corrected chi connectivity index (χ3v) is 4.15. The summed E-state index contributed by atoms with van der Waals surface area (Å²) in [6.07, 6.45) is 0.262. The zero-order chi connectivity index (χ0) is 16.8. The molecule has 2 unspecified atom stereocenters.